The van der Waals surface area contributed by atoms with Gasteiger partial charge in [0, 0.05) is 23.1 Å². The second kappa shape index (κ2) is 7.09. The molecule has 0 aliphatic rings. The number of anilines is 2. The number of carbonyl (C=O) groups excluding carboxylic acids is 1. The number of benzene rings is 2. The Hall–Kier alpha value is -3.28. The number of rotatable bonds is 4. The summed E-state index contributed by atoms with van der Waals surface area (Å²) >= 11 is 0. The molecule has 6 heteroatoms. The van der Waals surface area contributed by atoms with Crippen LogP contribution in [0.15, 0.2) is 54.6 Å². The Kier molecular flexibility index (Phi) is 4.70. The van der Waals surface area contributed by atoms with E-state index in [1.807, 2.05) is 26.0 Å². The van der Waals surface area contributed by atoms with Crippen molar-refractivity contribution in [2.45, 2.75) is 13.8 Å². The number of hydrogen-bond acceptors (Lipinski definition) is 5. The lowest BCUT2D eigenvalue weighted by molar-refractivity contribution is 0.0735. The van der Waals surface area contributed by atoms with Gasteiger partial charge in [-0.25, -0.2) is 19.2 Å². The molecule has 0 bridgehead atoms. The van der Waals surface area contributed by atoms with Gasteiger partial charge >= 0.3 is 5.97 Å². The number of nitrogens with zero attached hydrogens (tertiary/aromatic N) is 2. The van der Waals surface area contributed by atoms with Crippen LogP contribution in [0, 0.1) is 19.7 Å². The Balaban J connectivity index is 1.74. The zero-order valence-electron chi connectivity index (χ0n) is 13.8. The van der Waals surface area contributed by atoms with Gasteiger partial charge in [0.05, 0.1) is 5.56 Å². The maximum atomic E-state index is 12.9. The fourth-order valence-electron chi connectivity index (χ4n) is 2.30. The first-order chi connectivity index (χ1) is 12.0. The molecule has 0 saturated carbocycles. The summed E-state index contributed by atoms with van der Waals surface area (Å²) in [5.74, 6) is -0.126. The molecule has 0 radical (unpaired) electrons. The van der Waals surface area contributed by atoms with Gasteiger partial charge < -0.3 is 10.1 Å². The molecule has 3 aromatic rings. The molecule has 0 atom stereocenters. The summed E-state index contributed by atoms with van der Waals surface area (Å²) in [6.45, 7) is 3.78. The molecule has 5 nitrogen and oxygen atoms in total. The summed E-state index contributed by atoms with van der Waals surface area (Å²) in [6, 6.07) is 14.0. The first-order valence-corrected chi connectivity index (χ1v) is 7.67. The molecule has 0 aliphatic heterocycles. The fourth-order valence-corrected chi connectivity index (χ4v) is 2.30. The lowest BCUT2D eigenvalue weighted by Gasteiger charge is -2.09. The van der Waals surface area contributed by atoms with Crippen molar-refractivity contribution < 1.29 is 13.9 Å². The maximum absolute atomic E-state index is 12.9. The van der Waals surface area contributed by atoms with E-state index >= 15 is 0 Å². The highest BCUT2D eigenvalue weighted by Crippen LogP contribution is 2.21. The van der Waals surface area contributed by atoms with Crippen molar-refractivity contribution in [1.29, 1.82) is 0 Å². The molecule has 3 rings (SSSR count). The zero-order valence-corrected chi connectivity index (χ0v) is 13.8. The van der Waals surface area contributed by atoms with Crippen LogP contribution in [0.2, 0.25) is 0 Å². The van der Waals surface area contributed by atoms with E-state index in [1.54, 1.807) is 18.2 Å². The summed E-state index contributed by atoms with van der Waals surface area (Å²) < 4.78 is 18.2. The van der Waals surface area contributed by atoms with E-state index in [2.05, 4.69) is 15.3 Å². The standard InChI is InChI=1S/C19H16FN3O2/c1-12-10-13(2)22-19(21-12)23-16-4-3-5-17(11-16)25-18(24)14-6-8-15(20)9-7-14/h3-11H,1-2H3,(H,21,22,23). The monoisotopic (exact) mass is 337 g/mol. The predicted molar refractivity (Wildman–Crippen MR) is 92.6 cm³/mol. The van der Waals surface area contributed by atoms with E-state index < -0.39 is 11.8 Å². The minimum atomic E-state index is -0.556. The molecule has 1 aromatic heterocycles. The van der Waals surface area contributed by atoms with Crippen molar-refractivity contribution in [3.63, 3.8) is 0 Å². The van der Waals surface area contributed by atoms with Gasteiger partial charge in [-0.3, -0.25) is 0 Å². The summed E-state index contributed by atoms with van der Waals surface area (Å²) in [7, 11) is 0. The Labute approximate surface area is 144 Å². The molecule has 2 aromatic carbocycles. The van der Waals surface area contributed by atoms with Crippen LogP contribution in [0.1, 0.15) is 21.7 Å². The normalized spacial score (nSPS) is 10.4. The lowest BCUT2D eigenvalue weighted by Crippen LogP contribution is -2.08. The third-order valence-electron chi connectivity index (χ3n) is 3.36. The first kappa shape index (κ1) is 16.6. The number of aromatic nitrogens is 2. The summed E-state index contributed by atoms with van der Waals surface area (Å²) in [5.41, 5.74) is 2.68. The van der Waals surface area contributed by atoms with Gasteiger partial charge in [-0.15, -0.1) is 0 Å². The first-order valence-electron chi connectivity index (χ1n) is 7.67. The summed E-state index contributed by atoms with van der Waals surface area (Å²) in [4.78, 5) is 20.7. The van der Waals surface area contributed by atoms with Gasteiger partial charge in [-0.2, -0.15) is 0 Å². The predicted octanol–water partition coefficient (Wildman–Crippen LogP) is 4.20. The maximum Gasteiger partial charge on any atom is 0.343 e. The molecule has 0 amide bonds. The van der Waals surface area contributed by atoms with Crippen LogP contribution in [0.25, 0.3) is 0 Å². The van der Waals surface area contributed by atoms with Crippen molar-refractivity contribution >= 4 is 17.6 Å². The third-order valence-corrected chi connectivity index (χ3v) is 3.36. The van der Waals surface area contributed by atoms with E-state index in [9.17, 15) is 9.18 Å². The Morgan fingerprint density at radius 1 is 1.00 bits per heavy atom. The Morgan fingerprint density at radius 2 is 1.68 bits per heavy atom. The summed E-state index contributed by atoms with van der Waals surface area (Å²) in [6.07, 6.45) is 0. The van der Waals surface area contributed by atoms with Gasteiger partial charge in [-0.05, 0) is 56.3 Å². The van der Waals surface area contributed by atoms with Gasteiger partial charge in [0.2, 0.25) is 5.95 Å². The average molecular weight is 337 g/mol. The zero-order chi connectivity index (χ0) is 17.8. The largest absolute Gasteiger partial charge is 0.423 e. The number of hydrogen-bond donors (Lipinski definition) is 1. The van der Waals surface area contributed by atoms with Crippen molar-refractivity contribution in [1.82, 2.24) is 9.97 Å². The molecule has 1 heterocycles. The van der Waals surface area contributed by atoms with Gasteiger partial charge in [0.1, 0.15) is 11.6 Å². The molecule has 0 saturated heterocycles. The SMILES string of the molecule is Cc1cc(C)nc(Nc2cccc(OC(=O)c3ccc(F)cc3)c2)n1. The van der Waals surface area contributed by atoms with Gasteiger partial charge in [-0.1, -0.05) is 6.07 Å². The topological polar surface area (TPSA) is 64.1 Å². The lowest BCUT2D eigenvalue weighted by atomic mass is 10.2. The van der Waals surface area contributed by atoms with Crippen molar-refractivity contribution in [3.8, 4) is 5.75 Å². The van der Waals surface area contributed by atoms with Crippen LogP contribution < -0.4 is 10.1 Å². The van der Waals surface area contributed by atoms with Crippen LogP contribution >= 0.6 is 0 Å². The quantitative estimate of drug-likeness (QED) is 0.571. The second-order valence-electron chi connectivity index (χ2n) is 5.52. The van der Waals surface area contributed by atoms with Crippen LogP contribution in [0.3, 0.4) is 0 Å². The van der Waals surface area contributed by atoms with E-state index in [0.717, 1.165) is 11.4 Å². The molecule has 0 spiro atoms. The molecule has 0 unspecified atom stereocenters. The molecule has 0 fully saturated rings. The number of nitrogens with one attached hydrogen (secondary N) is 1. The van der Waals surface area contributed by atoms with Crippen molar-refractivity contribution in [3.05, 3.63) is 77.4 Å². The molecular formula is C19H16FN3O2. The van der Waals surface area contributed by atoms with Crippen LogP contribution in [-0.4, -0.2) is 15.9 Å². The highest BCUT2D eigenvalue weighted by atomic mass is 19.1. The van der Waals surface area contributed by atoms with Gasteiger partial charge in [0.25, 0.3) is 0 Å². The Bertz CT molecular complexity index is 891. The van der Waals surface area contributed by atoms with E-state index in [0.29, 0.717) is 17.4 Å². The minimum absolute atomic E-state index is 0.275. The van der Waals surface area contributed by atoms with Crippen LogP contribution in [0.5, 0.6) is 5.75 Å². The minimum Gasteiger partial charge on any atom is -0.423 e. The molecule has 0 aliphatic carbocycles. The Morgan fingerprint density at radius 3 is 2.36 bits per heavy atom. The number of aryl methyl sites for hydroxylation is 2. The molecular weight excluding hydrogens is 321 g/mol. The number of esters is 1. The van der Waals surface area contributed by atoms with Crippen molar-refractivity contribution in [2.75, 3.05) is 5.32 Å². The van der Waals surface area contributed by atoms with E-state index in [4.69, 9.17) is 4.74 Å². The van der Waals surface area contributed by atoms with E-state index in [-0.39, 0.29) is 5.56 Å². The van der Waals surface area contributed by atoms with E-state index in [1.165, 1.54) is 24.3 Å². The highest BCUT2D eigenvalue weighted by molar-refractivity contribution is 5.91. The van der Waals surface area contributed by atoms with Crippen molar-refractivity contribution in [2.24, 2.45) is 0 Å². The second-order valence-corrected chi connectivity index (χ2v) is 5.52. The average Bonchev–Trinajstić information content (AvgIpc) is 2.54. The summed E-state index contributed by atoms with van der Waals surface area (Å²) in [5, 5.41) is 3.08. The number of halogens is 1. The third kappa shape index (κ3) is 4.38. The number of carbonyl (C=O) groups is 1. The van der Waals surface area contributed by atoms with Crippen LogP contribution in [-0.2, 0) is 0 Å². The number of ether oxygens (including phenoxy) is 1. The highest BCUT2D eigenvalue weighted by Gasteiger charge is 2.09. The molecule has 1 N–H and O–H groups in total. The fraction of sp³-hybridized carbons (Fsp3) is 0.105. The smallest absolute Gasteiger partial charge is 0.343 e. The van der Waals surface area contributed by atoms with Gasteiger partial charge in [0.15, 0.2) is 0 Å². The molecule has 126 valence electrons. The van der Waals surface area contributed by atoms with Crippen LogP contribution in [0.4, 0.5) is 16.0 Å². The molecule has 25 heavy (non-hydrogen) atoms.